The van der Waals surface area contributed by atoms with E-state index < -0.39 is 5.97 Å². The number of nitrogens with one attached hydrogen (secondary N) is 1. The van der Waals surface area contributed by atoms with Gasteiger partial charge in [-0.1, -0.05) is 24.3 Å². The minimum absolute atomic E-state index is 0.117. The first-order chi connectivity index (χ1) is 12.5. The Morgan fingerprint density at radius 1 is 1.15 bits per heavy atom. The molecule has 4 aromatic rings. The summed E-state index contributed by atoms with van der Waals surface area (Å²) in [6.45, 7) is 3.73. The first kappa shape index (κ1) is 16.4. The number of aromatic nitrogens is 3. The van der Waals surface area contributed by atoms with Gasteiger partial charge in [0.1, 0.15) is 23.0 Å². The Morgan fingerprint density at radius 2 is 1.96 bits per heavy atom. The van der Waals surface area contributed by atoms with Gasteiger partial charge >= 0.3 is 5.97 Å². The predicted octanol–water partition coefficient (Wildman–Crippen LogP) is 3.51. The largest absolute Gasteiger partial charge is 0.453 e. The van der Waals surface area contributed by atoms with Gasteiger partial charge in [0.25, 0.3) is 5.56 Å². The Hall–Kier alpha value is -3.06. The SMILES string of the molecule is Cc1sc2nc(COC(=O)c3ccc4ccccc4n3)[nH]c(=O)c2c1C. The number of aromatic amines is 1. The fraction of sp³-hybridized carbons (Fsp3) is 0.158. The Balaban J connectivity index is 1.57. The molecule has 0 aliphatic rings. The van der Waals surface area contributed by atoms with Crippen molar-refractivity contribution < 1.29 is 9.53 Å². The molecule has 3 aromatic heterocycles. The van der Waals surface area contributed by atoms with Crippen LogP contribution < -0.4 is 5.56 Å². The van der Waals surface area contributed by atoms with Crippen molar-refractivity contribution in [1.82, 2.24) is 15.0 Å². The topological polar surface area (TPSA) is 84.9 Å². The van der Waals surface area contributed by atoms with E-state index in [1.54, 1.807) is 6.07 Å². The third kappa shape index (κ3) is 2.86. The van der Waals surface area contributed by atoms with Crippen LogP contribution in [-0.2, 0) is 11.3 Å². The number of fused-ring (bicyclic) bond motifs is 2. The Labute approximate surface area is 152 Å². The molecule has 6 nitrogen and oxygen atoms in total. The van der Waals surface area contributed by atoms with Gasteiger partial charge in [-0.05, 0) is 31.5 Å². The van der Waals surface area contributed by atoms with E-state index in [1.807, 2.05) is 44.2 Å². The van der Waals surface area contributed by atoms with Gasteiger partial charge in [-0.15, -0.1) is 11.3 Å². The van der Waals surface area contributed by atoms with Crippen molar-refractivity contribution in [2.24, 2.45) is 0 Å². The Morgan fingerprint density at radius 3 is 2.81 bits per heavy atom. The second kappa shape index (κ2) is 6.34. The lowest BCUT2D eigenvalue weighted by Crippen LogP contribution is -2.14. The number of rotatable bonds is 3. The quantitative estimate of drug-likeness (QED) is 0.562. The molecule has 0 saturated carbocycles. The van der Waals surface area contributed by atoms with E-state index in [-0.39, 0.29) is 17.9 Å². The average Bonchev–Trinajstić information content (AvgIpc) is 2.93. The summed E-state index contributed by atoms with van der Waals surface area (Å²) in [7, 11) is 0. The fourth-order valence-corrected chi connectivity index (χ4v) is 3.80. The molecule has 3 heterocycles. The van der Waals surface area contributed by atoms with Crippen LogP contribution in [0.2, 0.25) is 0 Å². The van der Waals surface area contributed by atoms with Crippen molar-refractivity contribution in [1.29, 1.82) is 0 Å². The summed E-state index contributed by atoms with van der Waals surface area (Å²) in [5, 5.41) is 1.54. The normalized spacial score (nSPS) is 11.2. The number of nitrogens with zero attached hydrogens (tertiary/aromatic N) is 2. The summed E-state index contributed by atoms with van der Waals surface area (Å²) in [5.74, 6) is -0.241. The summed E-state index contributed by atoms with van der Waals surface area (Å²) >= 11 is 1.46. The van der Waals surface area contributed by atoms with E-state index >= 15 is 0 Å². The van der Waals surface area contributed by atoms with E-state index in [0.29, 0.717) is 16.0 Å². The number of aryl methyl sites for hydroxylation is 2. The molecule has 7 heteroatoms. The van der Waals surface area contributed by atoms with Gasteiger partial charge in [-0.2, -0.15) is 0 Å². The van der Waals surface area contributed by atoms with Crippen molar-refractivity contribution in [2.45, 2.75) is 20.5 Å². The number of thiophene rings is 1. The lowest BCUT2D eigenvalue weighted by molar-refractivity contribution is 0.0456. The molecule has 0 amide bonds. The van der Waals surface area contributed by atoms with Crippen LogP contribution >= 0.6 is 11.3 Å². The smallest absolute Gasteiger partial charge is 0.357 e. The second-order valence-electron chi connectivity index (χ2n) is 5.94. The summed E-state index contributed by atoms with van der Waals surface area (Å²) < 4.78 is 5.27. The molecule has 0 atom stereocenters. The van der Waals surface area contributed by atoms with Crippen LogP contribution in [0.1, 0.15) is 26.8 Å². The number of pyridine rings is 1. The minimum Gasteiger partial charge on any atom is -0.453 e. The molecule has 0 unspecified atom stereocenters. The van der Waals surface area contributed by atoms with Crippen LogP contribution in [0.25, 0.3) is 21.1 Å². The number of H-pyrrole nitrogens is 1. The highest BCUT2D eigenvalue weighted by molar-refractivity contribution is 7.18. The number of hydrogen-bond donors (Lipinski definition) is 1. The van der Waals surface area contributed by atoms with E-state index in [0.717, 1.165) is 21.3 Å². The van der Waals surface area contributed by atoms with Gasteiger partial charge in [-0.3, -0.25) is 4.79 Å². The zero-order valence-electron chi connectivity index (χ0n) is 14.2. The molecule has 0 saturated heterocycles. The summed E-state index contributed by atoms with van der Waals surface area (Å²) in [6, 6.07) is 11.0. The van der Waals surface area contributed by atoms with Crippen LogP contribution in [0.4, 0.5) is 0 Å². The number of ether oxygens (including phenoxy) is 1. The maximum absolute atomic E-state index is 12.3. The second-order valence-corrected chi connectivity index (χ2v) is 7.14. The molecule has 1 aromatic carbocycles. The average molecular weight is 365 g/mol. The first-order valence-electron chi connectivity index (χ1n) is 8.05. The zero-order valence-corrected chi connectivity index (χ0v) is 15.0. The number of benzene rings is 1. The van der Waals surface area contributed by atoms with Crippen molar-refractivity contribution in [3.63, 3.8) is 0 Å². The van der Waals surface area contributed by atoms with E-state index in [2.05, 4.69) is 15.0 Å². The van der Waals surface area contributed by atoms with Crippen molar-refractivity contribution in [2.75, 3.05) is 0 Å². The molecular weight excluding hydrogens is 350 g/mol. The maximum Gasteiger partial charge on any atom is 0.357 e. The van der Waals surface area contributed by atoms with Gasteiger partial charge in [0.15, 0.2) is 0 Å². The van der Waals surface area contributed by atoms with Crippen molar-refractivity contribution >= 4 is 38.4 Å². The molecule has 0 aliphatic carbocycles. The molecular formula is C19H15N3O3S. The van der Waals surface area contributed by atoms with Gasteiger partial charge in [-0.25, -0.2) is 14.8 Å². The maximum atomic E-state index is 12.3. The van der Waals surface area contributed by atoms with Crippen LogP contribution in [0.15, 0.2) is 41.2 Å². The molecule has 0 aliphatic heterocycles. The van der Waals surface area contributed by atoms with E-state index in [9.17, 15) is 9.59 Å². The number of hydrogen-bond acceptors (Lipinski definition) is 6. The number of carbonyl (C=O) groups excluding carboxylic acids is 1. The summed E-state index contributed by atoms with van der Waals surface area (Å²) in [4.78, 5) is 37.6. The molecule has 4 rings (SSSR count). The number of para-hydroxylation sites is 1. The molecule has 0 spiro atoms. The van der Waals surface area contributed by atoms with Gasteiger partial charge in [0.05, 0.1) is 10.9 Å². The van der Waals surface area contributed by atoms with Gasteiger partial charge < -0.3 is 9.72 Å². The highest BCUT2D eigenvalue weighted by Gasteiger charge is 2.14. The third-order valence-corrected chi connectivity index (χ3v) is 5.34. The molecule has 0 bridgehead atoms. The molecule has 0 fully saturated rings. The minimum atomic E-state index is -0.558. The molecule has 130 valence electrons. The van der Waals surface area contributed by atoms with Crippen molar-refractivity contribution in [3.8, 4) is 0 Å². The lowest BCUT2D eigenvalue weighted by Gasteiger charge is -2.05. The standard InChI is InChI=1S/C19H15N3O3S/c1-10-11(2)26-18-16(10)17(23)21-15(22-18)9-25-19(24)14-8-7-12-5-3-4-6-13(12)20-14/h3-8H,9H2,1-2H3,(H,21,22,23). The Kier molecular flexibility index (Phi) is 4.00. The molecule has 26 heavy (non-hydrogen) atoms. The predicted molar refractivity (Wildman–Crippen MR) is 101 cm³/mol. The van der Waals surface area contributed by atoms with Gasteiger partial charge in [0.2, 0.25) is 0 Å². The zero-order chi connectivity index (χ0) is 18.3. The molecule has 0 radical (unpaired) electrons. The van der Waals surface area contributed by atoms with Gasteiger partial charge in [0, 0.05) is 10.3 Å². The van der Waals surface area contributed by atoms with Crippen LogP contribution in [0.5, 0.6) is 0 Å². The lowest BCUT2D eigenvalue weighted by atomic mass is 10.2. The first-order valence-corrected chi connectivity index (χ1v) is 8.86. The summed E-state index contributed by atoms with van der Waals surface area (Å²) in [6.07, 6.45) is 0. The molecule has 1 N–H and O–H groups in total. The third-order valence-electron chi connectivity index (χ3n) is 4.24. The highest BCUT2D eigenvalue weighted by atomic mass is 32.1. The van der Waals surface area contributed by atoms with Crippen LogP contribution in [0.3, 0.4) is 0 Å². The van der Waals surface area contributed by atoms with Crippen LogP contribution in [-0.4, -0.2) is 20.9 Å². The summed E-state index contributed by atoms with van der Waals surface area (Å²) in [5.41, 5.74) is 1.66. The highest BCUT2D eigenvalue weighted by Crippen LogP contribution is 2.25. The Bertz CT molecular complexity index is 1210. The van der Waals surface area contributed by atoms with Crippen molar-refractivity contribution in [3.05, 3.63) is 68.7 Å². The fourth-order valence-electron chi connectivity index (χ4n) is 2.76. The van der Waals surface area contributed by atoms with Crippen LogP contribution in [0, 0.1) is 13.8 Å². The van der Waals surface area contributed by atoms with E-state index in [1.165, 1.54) is 11.3 Å². The van der Waals surface area contributed by atoms with E-state index in [4.69, 9.17) is 4.74 Å². The monoisotopic (exact) mass is 365 g/mol. The number of carbonyl (C=O) groups is 1. The number of esters is 1.